The van der Waals surface area contributed by atoms with Crippen LogP contribution in [-0.4, -0.2) is 8.42 Å². The molecule has 0 radical (unpaired) electrons. The van der Waals surface area contributed by atoms with Crippen LogP contribution < -0.4 is 4.72 Å². The zero-order chi connectivity index (χ0) is 15.7. The Balaban J connectivity index is 2.21. The maximum atomic E-state index is 12.8. The molecule has 0 aliphatic carbocycles. The summed E-state index contributed by atoms with van der Waals surface area (Å²) >= 11 is 4.12. The van der Waals surface area contributed by atoms with Crippen molar-refractivity contribution >= 4 is 37.3 Å². The lowest BCUT2D eigenvalue weighted by Gasteiger charge is -2.13. The van der Waals surface area contributed by atoms with Crippen LogP contribution in [0.1, 0.15) is 11.1 Å². The zero-order valence-corrected chi connectivity index (χ0v) is 13.5. The number of sulfonamides is 1. The molecule has 21 heavy (non-hydrogen) atoms. The Labute approximate surface area is 132 Å². The second-order valence-corrected chi connectivity index (χ2v) is 8.49. The molecule has 0 bridgehead atoms. The third-order valence-electron chi connectivity index (χ3n) is 2.59. The first-order valence-electron chi connectivity index (χ1n) is 5.60. The molecule has 0 saturated heterocycles. The molecular weight excluding hydrogens is 391 g/mol. The standard InChI is InChI=1S/C12H9BrF3NO2S2/c13-10-5-6-11(20-10)21(18,19)17-7-8-3-1-2-4-9(8)12(14,15)16/h1-6,17H,7H2. The number of alkyl halides is 3. The average molecular weight is 400 g/mol. The highest BCUT2D eigenvalue weighted by molar-refractivity contribution is 9.11. The Hall–Kier alpha value is -0.900. The molecule has 3 nitrogen and oxygen atoms in total. The van der Waals surface area contributed by atoms with Gasteiger partial charge in [-0.25, -0.2) is 13.1 Å². The number of thiophene rings is 1. The fraction of sp³-hybridized carbons (Fsp3) is 0.167. The van der Waals surface area contributed by atoms with Crippen molar-refractivity contribution in [3.05, 3.63) is 51.3 Å². The third kappa shape index (κ3) is 4.06. The van der Waals surface area contributed by atoms with Crippen molar-refractivity contribution in [1.29, 1.82) is 0 Å². The van der Waals surface area contributed by atoms with Gasteiger partial charge in [0.15, 0.2) is 0 Å². The molecule has 0 aliphatic rings. The van der Waals surface area contributed by atoms with Gasteiger partial charge >= 0.3 is 6.18 Å². The van der Waals surface area contributed by atoms with Gasteiger partial charge in [-0.05, 0) is 39.7 Å². The molecule has 0 saturated carbocycles. The Morgan fingerprint density at radius 1 is 1.14 bits per heavy atom. The molecule has 1 heterocycles. The Morgan fingerprint density at radius 3 is 2.38 bits per heavy atom. The lowest BCUT2D eigenvalue weighted by atomic mass is 10.1. The average Bonchev–Trinajstić information content (AvgIpc) is 2.83. The first-order chi connectivity index (χ1) is 9.70. The summed E-state index contributed by atoms with van der Waals surface area (Å²) in [6.07, 6.45) is -4.52. The topological polar surface area (TPSA) is 46.2 Å². The lowest BCUT2D eigenvalue weighted by molar-refractivity contribution is -0.138. The maximum Gasteiger partial charge on any atom is 0.416 e. The van der Waals surface area contributed by atoms with Gasteiger partial charge in [0.2, 0.25) is 10.0 Å². The second-order valence-electron chi connectivity index (χ2n) is 4.04. The SMILES string of the molecule is O=S(=O)(NCc1ccccc1C(F)(F)F)c1ccc(Br)s1. The molecule has 0 unspecified atom stereocenters. The summed E-state index contributed by atoms with van der Waals surface area (Å²) in [7, 11) is -3.83. The van der Waals surface area contributed by atoms with Crippen LogP contribution in [0.15, 0.2) is 44.4 Å². The fourth-order valence-electron chi connectivity index (χ4n) is 1.64. The summed E-state index contributed by atoms with van der Waals surface area (Å²) in [6, 6.07) is 7.80. The summed E-state index contributed by atoms with van der Waals surface area (Å²) in [4.78, 5) is 0. The number of nitrogens with one attached hydrogen (secondary N) is 1. The monoisotopic (exact) mass is 399 g/mol. The molecule has 114 valence electrons. The van der Waals surface area contributed by atoms with E-state index in [9.17, 15) is 21.6 Å². The smallest absolute Gasteiger partial charge is 0.206 e. The minimum atomic E-state index is -4.52. The van der Waals surface area contributed by atoms with Gasteiger partial charge in [0.1, 0.15) is 4.21 Å². The first kappa shape index (κ1) is 16.5. The van der Waals surface area contributed by atoms with Gasteiger partial charge in [-0.3, -0.25) is 0 Å². The fourth-order valence-corrected chi connectivity index (χ4v) is 4.70. The van der Waals surface area contributed by atoms with Crippen LogP contribution >= 0.6 is 27.3 Å². The Kier molecular flexibility index (Phi) is 4.76. The van der Waals surface area contributed by atoms with E-state index in [4.69, 9.17) is 0 Å². The van der Waals surface area contributed by atoms with E-state index in [-0.39, 0.29) is 9.77 Å². The Morgan fingerprint density at radius 2 is 1.81 bits per heavy atom. The molecule has 1 N–H and O–H groups in total. The van der Waals surface area contributed by atoms with Crippen LogP contribution in [-0.2, 0) is 22.7 Å². The predicted octanol–water partition coefficient (Wildman–Crippen LogP) is 4.01. The van der Waals surface area contributed by atoms with Gasteiger partial charge in [-0.15, -0.1) is 11.3 Å². The van der Waals surface area contributed by atoms with Gasteiger partial charge in [0.25, 0.3) is 0 Å². The van der Waals surface area contributed by atoms with Crippen LogP contribution in [0.5, 0.6) is 0 Å². The van der Waals surface area contributed by atoms with E-state index in [0.29, 0.717) is 3.79 Å². The molecule has 2 aromatic rings. The van der Waals surface area contributed by atoms with Crippen LogP contribution in [0.25, 0.3) is 0 Å². The number of hydrogen-bond acceptors (Lipinski definition) is 3. The van der Waals surface area contributed by atoms with Gasteiger partial charge in [0, 0.05) is 6.54 Å². The summed E-state index contributed by atoms with van der Waals surface area (Å²) in [5.74, 6) is 0. The molecule has 0 aliphatic heterocycles. The minimum absolute atomic E-state index is 0.0406. The molecule has 0 spiro atoms. The van der Waals surface area contributed by atoms with E-state index in [2.05, 4.69) is 20.7 Å². The molecule has 0 atom stereocenters. The molecule has 1 aromatic carbocycles. The van der Waals surface area contributed by atoms with Crippen LogP contribution in [0, 0.1) is 0 Å². The maximum absolute atomic E-state index is 12.8. The summed E-state index contributed by atoms with van der Waals surface area (Å²) in [6.45, 7) is -0.423. The normalized spacial score (nSPS) is 12.6. The summed E-state index contributed by atoms with van der Waals surface area (Å²) < 4.78 is 65.2. The van der Waals surface area contributed by atoms with Gasteiger partial charge in [-0.2, -0.15) is 13.2 Å². The summed E-state index contributed by atoms with van der Waals surface area (Å²) in [5, 5.41) is 0. The quantitative estimate of drug-likeness (QED) is 0.843. The second kappa shape index (κ2) is 6.07. The summed E-state index contributed by atoms with van der Waals surface area (Å²) in [5.41, 5.74) is -0.968. The largest absolute Gasteiger partial charge is 0.416 e. The van der Waals surface area contributed by atoms with E-state index < -0.39 is 28.3 Å². The number of hydrogen-bond donors (Lipinski definition) is 1. The Bertz CT molecular complexity index is 741. The molecule has 9 heteroatoms. The van der Waals surface area contributed by atoms with Crippen molar-refractivity contribution in [2.45, 2.75) is 16.9 Å². The molecular formula is C12H9BrF3NO2S2. The van der Waals surface area contributed by atoms with Crippen molar-refractivity contribution in [3.63, 3.8) is 0 Å². The zero-order valence-electron chi connectivity index (χ0n) is 10.3. The molecule has 2 rings (SSSR count). The van der Waals surface area contributed by atoms with Crippen molar-refractivity contribution < 1.29 is 21.6 Å². The predicted molar refractivity (Wildman–Crippen MR) is 77.5 cm³/mol. The molecule has 0 amide bonds. The van der Waals surface area contributed by atoms with Gasteiger partial charge < -0.3 is 0 Å². The molecule has 0 fully saturated rings. The van der Waals surface area contributed by atoms with Gasteiger partial charge in [-0.1, -0.05) is 18.2 Å². The van der Waals surface area contributed by atoms with E-state index in [0.717, 1.165) is 17.4 Å². The minimum Gasteiger partial charge on any atom is -0.206 e. The highest BCUT2D eigenvalue weighted by Gasteiger charge is 2.33. The number of benzene rings is 1. The van der Waals surface area contributed by atoms with Crippen molar-refractivity contribution in [2.75, 3.05) is 0 Å². The van der Waals surface area contributed by atoms with Crippen LogP contribution in [0.4, 0.5) is 13.2 Å². The highest BCUT2D eigenvalue weighted by Crippen LogP contribution is 2.32. The number of halogens is 4. The van der Waals surface area contributed by atoms with Gasteiger partial charge in [0.05, 0.1) is 9.35 Å². The van der Waals surface area contributed by atoms with Crippen LogP contribution in [0.3, 0.4) is 0 Å². The molecule has 1 aromatic heterocycles. The van der Waals surface area contributed by atoms with E-state index in [1.165, 1.54) is 24.3 Å². The van der Waals surface area contributed by atoms with E-state index in [1.54, 1.807) is 6.07 Å². The lowest BCUT2D eigenvalue weighted by Crippen LogP contribution is -2.24. The van der Waals surface area contributed by atoms with E-state index in [1.807, 2.05) is 0 Å². The van der Waals surface area contributed by atoms with Crippen LogP contribution in [0.2, 0.25) is 0 Å². The highest BCUT2D eigenvalue weighted by atomic mass is 79.9. The third-order valence-corrected chi connectivity index (χ3v) is 6.11. The van der Waals surface area contributed by atoms with E-state index >= 15 is 0 Å². The van der Waals surface area contributed by atoms with Crippen molar-refractivity contribution in [3.8, 4) is 0 Å². The van der Waals surface area contributed by atoms with Crippen molar-refractivity contribution in [2.24, 2.45) is 0 Å². The van der Waals surface area contributed by atoms with Crippen molar-refractivity contribution in [1.82, 2.24) is 4.72 Å². The first-order valence-corrected chi connectivity index (χ1v) is 8.69. The number of rotatable bonds is 4.